The van der Waals surface area contributed by atoms with Crippen LogP contribution in [0.1, 0.15) is 23.6 Å². The van der Waals surface area contributed by atoms with E-state index in [0.717, 1.165) is 16.7 Å². The lowest BCUT2D eigenvalue weighted by atomic mass is 10.1. The predicted molar refractivity (Wildman–Crippen MR) is 75.9 cm³/mol. The Kier molecular flexibility index (Phi) is 5.10. The Morgan fingerprint density at radius 2 is 1.65 bits per heavy atom. The van der Waals surface area contributed by atoms with Gasteiger partial charge in [0.2, 0.25) is 0 Å². The second kappa shape index (κ2) is 6.38. The van der Waals surface area contributed by atoms with Crippen LogP contribution in [0.2, 0.25) is 0 Å². The number of carbonyl (C=O) groups excluding carboxylic acids is 1. The monoisotopic (exact) mass is 280 g/mol. The van der Waals surface area contributed by atoms with Crippen LogP contribution in [0.5, 0.6) is 0 Å². The number of hydrogen-bond donors (Lipinski definition) is 4. The molecule has 110 valence electrons. The summed E-state index contributed by atoms with van der Waals surface area (Å²) in [6, 6.07) is 1.84. The first-order valence-electron chi connectivity index (χ1n) is 6.28. The van der Waals surface area contributed by atoms with Crippen molar-refractivity contribution in [2.24, 2.45) is 0 Å². The van der Waals surface area contributed by atoms with Crippen LogP contribution in [0.3, 0.4) is 0 Å². The first-order valence-corrected chi connectivity index (χ1v) is 6.28. The molecular weight excluding hydrogens is 260 g/mol. The van der Waals surface area contributed by atoms with Crippen molar-refractivity contribution in [3.8, 4) is 0 Å². The zero-order chi connectivity index (χ0) is 15.4. The maximum atomic E-state index is 11.8. The number of anilines is 1. The van der Waals surface area contributed by atoms with Crippen LogP contribution in [0.4, 0.5) is 10.5 Å². The highest BCUT2D eigenvalue weighted by Crippen LogP contribution is 2.21. The summed E-state index contributed by atoms with van der Waals surface area (Å²) in [5, 5.41) is 23.1. The van der Waals surface area contributed by atoms with Gasteiger partial charge in [-0.05, 0) is 38.8 Å². The van der Waals surface area contributed by atoms with Crippen LogP contribution < -0.4 is 10.6 Å². The van der Waals surface area contributed by atoms with Crippen molar-refractivity contribution in [3.05, 3.63) is 28.8 Å². The largest absolute Gasteiger partial charge is 0.480 e. The first kappa shape index (κ1) is 16.0. The van der Waals surface area contributed by atoms with Crippen molar-refractivity contribution in [1.82, 2.24) is 5.32 Å². The number of urea groups is 1. The third-order valence-corrected chi connectivity index (χ3v) is 2.95. The van der Waals surface area contributed by atoms with Gasteiger partial charge in [0.05, 0.1) is 6.10 Å². The maximum Gasteiger partial charge on any atom is 0.328 e. The van der Waals surface area contributed by atoms with Crippen LogP contribution in [0.15, 0.2) is 12.1 Å². The molecule has 0 aliphatic rings. The van der Waals surface area contributed by atoms with Gasteiger partial charge < -0.3 is 20.8 Å². The van der Waals surface area contributed by atoms with Crippen LogP contribution in [0, 0.1) is 20.8 Å². The van der Waals surface area contributed by atoms with Gasteiger partial charge in [-0.3, -0.25) is 0 Å². The van der Waals surface area contributed by atoms with Crippen molar-refractivity contribution in [3.63, 3.8) is 0 Å². The summed E-state index contributed by atoms with van der Waals surface area (Å²) in [7, 11) is 0. The number of nitrogens with one attached hydrogen (secondary N) is 2. The van der Waals surface area contributed by atoms with Gasteiger partial charge in [0, 0.05) is 5.69 Å². The molecule has 2 atom stereocenters. The minimum atomic E-state index is -1.35. The average Bonchev–Trinajstić information content (AvgIpc) is 2.29. The van der Waals surface area contributed by atoms with Gasteiger partial charge in [-0.15, -0.1) is 0 Å². The molecule has 0 saturated carbocycles. The number of carboxylic acid groups (broad SMARTS) is 1. The van der Waals surface area contributed by atoms with E-state index in [9.17, 15) is 14.7 Å². The number of carbonyl (C=O) groups is 2. The fourth-order valence-corrected chi connectivity index (χ4v) is 2.06. The molecule has 6 nitrogen and oxygen atoms in total. The summed E-state index contributed by atoms with van der Waals surface area (Å²) < 4.78 is 0. The Hall–Kier alpha value is -2.08. The lowest BCUT2D eigenvalue weighted by Gasteiger charge is -2.19. The molecule has 0 radical (unpaired) electrons. The van der Waals surface area contributed by atoms with Gasteiger partial charge in [0.1, 0.15) is 0 Å². The van der Waals surface area contributed by atoms with E-state index in [-0.39, 0.29) is 0 Å². The summed E-state index contributed by atoms with van der Waals surface area (Å²) in [6.45, 7) is 6.98. The normalized spacial score (nSPS) is 13.4. The SMILES string of the molecule is Cc1cc(C)c(NC(=O)NC(C(=O)O)C(C)O)c(C)c1. The van der Waals surface area contributed by atoms with Crippen molar-refractivity contribution in [1.29, 1.82) is 0 Å². The predicted octanol–water partition coefficient (Wildman–Crippen LogP) is 1.57. The Morgan fingerprint density at radius 1 is 1.15 bits per heavy atom. The second-order valence-corrected chi connectivity index (χ2v) is 4.93. The molecule has 4 N–H and O–H groups in total. The summed E-state index contributed by atoms with van der Waals surface area (Å²) in [4.78, 5) is 22.7. The van der Waals surface area contributed by atoms with Crippen molar-refractivity contribution < 1.29 is 19.8 Å². The third kappa shape index (κ3) is 3.96. The summed E-state index contributed by atoms with van der Waals surface area (Å²) >= 11 is 0. The molecule has 0 saturated heterocycles. The second-order valence-electron chi connectivity index (χ2n) is 4.93. The van der Waals surface area contributed by atoms with Crippen molar-refractivity contribution >= 4 is 17.7 Å². The van der Waals surface area contributed by atoms with Crippen LogP contribution in [-0.4, -0.2) is 34.4 Å². The quantitative estimate of drug-likeness (QED) is 0.672. The standard InChI is InChI=1S/C14H20N2O4/c1-7-5-8(2)11(9(3)6-7)15-14(20)16-12(10(4)17)13(18)19/h5-6,10,12,17H,1-4H3,(H,18,19)(H2,15,16,20). The molecule has 0 aliphatic carbocycles. The number of aliphatic carboxylic acids is 1. The van der Waals surface area contributed by atoms with Crippen LogP contribution in [0.25, 0.3) is 0 Å². The highest BCUT2D eigenvalue weighted by atomic mass is 16.4. The third-order valence-electron chi connectivity index (χ3n) is 2.95. The number of carboxylic acids is 1. The molecule has 0 aromatic heterocycles. The Balaban J connectivity index is 2.84. The van der Waals surface area contributed by atoms with Gasteiger partial charge >= 0.3 is 12.0 Å². The van der Waals surface area contributed by atoms with E-state index in [0.29, 0.717) is 5.69 Å². The maximum absolute atomic E-state index is 11.8. The van der Waals surface area contributed by atoms with Gasteiger partial charge in [-0.2, -0.15) is 0 Å². The number of benzene rings is 1. The molecule has 20 heavy (non-hydrogen) atoms. The molecule has 2 unspecified atom stereocenters. The lowest BCUT2D eigenvalue weighted by Crippen LogP contribution is -2.49. The summed E-state index contributed by atoms with van der Waals surface area (Å²) in [6.07, 6.45) is -1.18. The fourth-order valence-electron chi connectivity index (χ4n) is 2.06. The summed E-state index contributed by atoms with van der Waals surface area (Å²) in [5.41, 5.74) is 3.50. The van der Waals surface area contributed by atoms with Crippen molar-refractivity contribution in [2.75, 3.05) is 5.32 Å². The smallest absolute Gasteiger partial charge is 0.328 e. The zero-order valence-electron chi connectivity index (χ0n) is 12.0. The molecule has 1 aromatic rings. The number of aliphatic hydroxyl groups excluding tert-OH is 1. The van der Waals surface area contributed by atoms with Gasteiger partial charge in [-0.1, -0.05) is 17.7 Å². The number of rotatable bonds is 4. The number of aliphatic hydroxyl groups is 1. The van der Waals surface area contributed by atoms with Crippen LogP contribution in [-0.2, 0) is 4.79 Å². The summed E-state index contributed by atoms with van der Waals surface area (Å²) in [5.74, 6) is -1.28. The van der Waals surface area contributed by atoms with E-state index in [4.69, 9.17) is 5.11 Å². The molecule has 6 heteroatoms. The first-order chi connectivity index (χ1) is 9.22. The number of aryl methyl sites for hydroxylation is 3. The van der Waals surface area contributed by atoms with Crippen molar-refractivity contribution in [2.45, 2.75) is 39.8 Å². The van der Waals surface area contributed by atoms with E-state index in [1.807, 2.05) is 32.9 Å². The van der Waals surface area contributed by atoms with E-state index in [2.05, 4.69) is 10.6 Å². The fraction of sp³-hybridized carbons (Fsp3) is 0.429. The number of amides is 2. The molecule has 0 spiro atoms. The zero-order valence-corrected chi connectivity index (χ0v) is 12.0. The van der Waals surface area contributed by atoms with E-state index in [1.165, 1.54) is 6.92 Å². The van der Waals surface area contributed by atoms with E-state index in [1.54, 1.807) is 0 Å². The van der Waals surface area contributed by atoms with Gasteiger partial charge in [0.15, 0.2) is 6.04 Å². The Morgan fingerprint density at radius 3 is 2.05 bits per heavy atom. The minimum Gasteiger partial charge on any atom is -0.480 e. The molecule has 0 bridgehead atoms. The Bertz CT molecular complexity index is 503. The topological polar surface area (TPSA) is 98.7 Å². The molecule has 1 rings (SSSR count). The highest BCUT2D eigenvalue weighted by Gasteiger charge is 2.25. The van der Waals surface area contributed by atoms with E-state index >= 15 is 0 Å². The average molecular weight is 280 g/mol. The molecule has 2 amide bonds. The van der Waals surface area contributed by atoms with E-state index < -0.39 is 24.1 Å². The van der Waals surface area contributed by atoms with Gasteiger partial charge in [0.25, 0.3) is 0 Å². The minimum absolute atomic E-state index is 0.642. The number of hydrogen-bond acceptors (Lipinski definition) is 3. The lowest BCUT2D eigenvalue weighted by molar-refractivity contribution is -0.141. The molecule has 0 aliphatic heterocycles. The molecular formula is C14H20N2O4. The Labute approximate surface area is 117 Å². The molecule has 1 aromatic carbocycles. The van der Waals surface area contributed by atoms with Gasteiger partial charge in [-0.25, -0.2) is 9.59 Å². The molecule has 0 fully saturated rings. The van der Waals surface area contributed by atoms with Crippen LogP contribution >= 0.6 is 0 Å². The molecule has 0 heterocycles. The highest BCUT2D eigenvalue weighted by molar-refractivity contribution is 5.93.